The summed E-state index contributed by atoms with van der Waals surface area (Å²) < 4.78 is 5.73. The lowest BCUT2D eigenvalue weighted by molar-refractivity contribution is 0.0995. The van der Waals surface area contributed by atoms with Gasteiger partial charge in [0.05, 0.1) is 5.69 Å². The van der Waals surface area contributed by atoms with E-state index >= 15 is 0 Å². The Hall–Kier alpha value is -1.18. The largest absolute Gasteiger partial charge is 0.444 e. The average Bonchev–Trinajstić information content (AvgIpc) is 2.94. The van der Waals surface area contributed by atoms with Crippen LogP contribution in [0.2, 0.25) is 0 Å². The molecule has 0 saturated carbocycles. The van der Waals surface area contributed by atoms with Crippen molar-refractivity contribution in [2.75, 3.05) is 11.9 Å². The van der Waals surface area contributed by atoms with Gasteiger partial charge >= 0.3 is 0 Å². The standard InChI is InChI=1S/C11H10BrN3O2S/c12-9-2-1-7(17-9)10(16)15-11-14-6-3-4-13-5-8(6)18-11/h1-2,13H,3-5H2,(H,14,15,16). The molecule has 18 heavy (non-hydrogen) atoms. The average molecular weight is 328 g/mol. The first-order chi connectivity index (χ1) is 8.72. The number of hydrogen-bond donors (Lipinski definition) is 2. The van der Waals surface area contributed by atoms with Crippen molar-refractivity contribution in [1.29, 1.82) is 0 Å². The molecule has 5 nitrogen and oxygen atoms in total. The van der Waals surface area contributed by atoms with Crippen molar-refractivity contribution < 1.29 is 9.21 Å². The number of nitrogens with one attached hydrogen (secondary N) is 2. The highest BCUT2D eigenvalue weighted by atomic mass is 79.9. The highest BCUT2D eigenvalue weighted by Gasteiger charge is 2.17. The molecule has 0 fully saturated rings. The van der Waals surface area contributed by atoms with Crippen molar-refractivity contribution in [3.63, 3.8) is 0 Å². The van der Waals surface area contributed by atoms with E-state index in [1.165, 1.54) is 16.2 Å². The normalized spacial score (nSPS) is 14.3. The molecule has 94 valence electrons. The molecule has 0 saturated heterocycles. The predicted octanol–water partition coefficient (Wildman–Crippen LogP) is 2.40. The summed E-state index contributed by atoms with van der Waals surface area (Å²) >= 11 is 4.67. The highest BCUT2D eigenvalue weighted by Crippen LogP contribution is 2.26. The van der Waals surface area contributed by atoms with Crippen LogP contribution in [-0.2, 0) is 13.0 Å². The van der Waals surface area contributed by atoms with E-state index in [-0.39, 0.29) is 11.7 Å². The van der Waals surface area contributed by atoms with Crippen LogP contribution in [0.15, 0.2) is 21.2 Å². The Labute approximate surface area is 116 Å². The van der Waals surface area contributed by atoms with E-state index in [1.807, 2.05) is 0 Å². The Morgan fingerprint density at radius 2 is 2.44 bits per heavy atom. The van der Waals surface area contributed by atoms with E-state index in [0.29, 0.717) is 9.80 Å². The zero-order valence-corrected chi connectivity index (χ0v) is 11.7. The molecular weight excluding hydrogens is 318 g/mol. The van der Waals surface area contributed by atoms with Crippen LogP contribution in [0.25, 0.3) is 0 Å². The number of hydrogen-bond acceptors (Lipinski definition) is 5. The molecule has 0 unspecified atom stereocenters. The van der Waals surface area contributed by atoms with E-state index < -0.39 is 0 Å². The summed E-state index contributed by atoms with van der Waals surface area (Å²) in [7, 11) is 0. The fourth-order valence-corrected chi connectivity index (χ4v) is 3.05. The fourth-order valence-electron chi connectivity index (χ4n) is 1.77. The zero-order chi connectivity index (χ0) is 12.5. The molecule has 0 aliphatic carbocycles. The van der Waals surface area contributed by atoms with Crippen LogP contribution < -0.4 is 10.6 Å². The van der Waals surface area contributed by atoms with Crippen molar-refractivity contribution in [2.45, 2.75) is 13.0 Å². The lowest BCUT2D eigenvalue weighted by Crippen LogP contribution is -2.22. The summed E-state index contributed by atoms with van der Waals surface area (Å²) in [5.74, 6) is -0.00655. The van der Waals surface area contributed by atoms with E-state index in [1.54, 1.807) is 12.1 Å². The number of halogens is 1. The van der Waals surface area contributed by atoms with E-state index in [0.717, 1.165) is 25.2 Å². The smallest absolute Gasteiger partial charge is 0.293 e. The number of amides is 1. The number of aromatic nitrogens is 1. The molecule has 2 N–H and O–H groups in total. The van der Waals surface area contributed by atoms with Gasteiger partial charge in [-0.15, -0.1) is 11.3 Å². The molecule has 0 aromatic carbocycles. The number of furan rings is 1. The molecule has 3 rings (SSSR count). The lowest BCUT2D eigenvalue weighted by Gasteiger charge is -2.09. The monoisotopic (exact) mass is 327 g/mol. The summed E-state index contributed by atoms with van der Waals surface area (Å²) in [5.41, 5.74) is 1.08. The Morgan fingerprint density at radius 3 is 3.17 bits per heavy atom. The van der Waals surface area contributed by atoms with Crippen LogP contribution in [0, 0.1) is 0 Å². The van der Waals surface area contributed by atoms with Gasteiger partial charge in [-0.25, -0.2) is 4.98 Å². The maximum absolute atomic E-state index is 11.9. The molecule has 0 atom stereocenters. The van der Waals surface area contributed by atoms with Crippen molar-refractivity contribution >= 4 is 38.3 Å². The second-order valence-electron chi connectivity index (χ2n) is 3.87. The van der Waals surface area contributed by atoms with Crippen LogP contribution in [0.3, 0.4) is 0 Å². The van der Waals surface area contributed by atoms with Crippen LogP contribution in [-0.4, -0.2) is 17.4 Å². The number of carbonyl (C=O) groups excluding carboxylic acids is 1. The number of fused-ring (bicyclic) bond motifs is 1. The fraction of sp³-hybridized carbons (Fsp3) is 0.273. The van der Waals surface area contributed by atoms with Gasteiger partial charge in [0.15, 0.2) is 15.6 Å². The first-order valence-electron chi connectivity index (χ1n) is 5.48. The van der Waals surface area contributed by atoms with Gasteiger partial charge in [-0.05, 0) is 28.1 Å². The second kappa shape index (κ2) is 4.83. The summed E-state index contributed by atoms with van der Waals surface area (Å²) in [6, 6.07) is 3.31. The minimum Gasteiger partial charge on any atom is -0.444 e. The Bertz CT molecular complexity index is 569. The quantitative estimate of drug-likeness (QED) is 0.888. The molecule has 0 radical (unpaired) electrons. The topological polar surface area (TPSA) is 67.2 Å². The molecule has 2 aromatic rings. The van der Waals surface area contributed by atoms with Crippen molar-refractivity contribution in [1.82, 2.24) is 10.3 Å². The van der Waals surface area contributed by atoms with Crippen molar-refractivity contribution in [3.05, 3.63) is 33.1 Å². The third kappa shape index (κ3) is 2.33. The minimum absolute atomic E-state index is 0.271. The molecule has 1 aliphatic heterocycles. The maximum Gasteiger partial charge on any atom is 0.293 e. The molecule has 7 heteroatoms. The van der Waals surface area contributed by atoms with Crippen molar-refractivity contribution in [2.24, 2.45) is 0 Å². The minimum atomic E-state index is -0.278. The van der Waals surface area contributed by atoms with Gasteiger partial charge in [0, 0.05) is 24.4 Å². The molecule has 3 heterocycles. The van der Waals surface area contributed by atoms with Crippen LogP contribution in [0.1, 0.15) is 21.1 Å². The third-order valence-electron chi connectivity index (χ3n) is 2.62. The molecule has 0 bridgehead atoms. The van der Waals surface area contributed by atoms with Gasteiger partial charge in [0.25, 0.3) is 5.91 Å². The number of thiazole rings is 1. The number of carbonyl (C=O) groups is 1. The Morgan fingerprint density at radius 1 is 1.56 bits per heavy atom. The molecule has 0 spiro atoms. The van der Waals surface area contributed by atoms with Crippen LogP contribution in [0.5, 0.6) is 0 Å². The summed E-state index contributed by atoms with van der Waals surface area (Å²) in [5, 5.41) is 6.66. The Kier molecular flexibility index (Phi) is 3.19. The number of rotatable bonds is 2. The Balaban J connectivity index is 1.76. The molecule has 1 amide bonds. The van der Waals surface area contributed by atoms with Crippen LogP contribution >= 0.6 is 27.3 Å². The van der Waals surface area contributed by atoms with E-state index in [9.17, 15) is 4.79 Å². The van der Waals surface area contributed by atoms with Crippen LogP contribution in [0.4, 0.5) is 5.13 Å². The number of anilines is 1. The molecule has 1 aliphatic rings. The van der Waals surface area contributed by atoms with Gasteiger partial charge in [0.2, 0.25) is 0 Å². The lowest BCUT2D eigenvalue weighted by atomic mass is 10.2. The molecular formula is C11H10BrN3O2S. The zero-order valence-electron chi connectivity index (χ0n) is 9.33. The van der Waals surface area contributed by atoms with Gasteiger partial charge in [-0.1, -0.05) is 0 Å². The highest BCUT2D eigenvalue weighted by molar-refractivity contribution is 9.10. The first kappa shape index (κ1) is 11.9. The first-order valence-corrected chi connectivity index (χ1v) is 7.09. The summed E-state index contributed by atoms with van der Waals surface area (Å²) in [6.45, 7) is 1.77. The van der Waals surface area contributed by atoms with Gasteiger partial charge < -0.3 is 9.73 Å². The SMILES string of the molecule is O=C(Nc1nc2c(s1)CNCC2)c1ccc(Br)o1. The van der Waals surface area contributed by atoms with Gasteiger partial charge in [-0.2, -0.15) is 0 Å². The second-order valence-corrected chi connectivity index (χ2v) is 5.74. The maximum atomic E-state index is 11.9. The van der Waals surface area contributed by atoms with Gasteiger partial charge in [-0.3, -0.25) is 10.1 Å². The third-order valence-corrected chi connectivity index (χ3v) is 4.06. The van der Waals surface area contributed by atoms with E-state index in [2.05, 4.69) is 31.5 Å². The molecule has 2 aromatic heterocycles. The van der Waals surface area contributed by atoms with Gasteiger partial charge in [0.1, 0.15) is 0 Å². The van der Waals surface area contributed by atoms with Crippen molar-refractivity contribution in [3.8, 4) is 0 Å². The summed E-state index contributed by atoms with van der Waals surface area (Å²) in [4.78, 5) is 17.5. The van der Waals surface area contributed by atoms with E-state index in [4.69, 9.17) is 4.42 Å². The number of nitrogens with zero attached hydrogens (tertiary/aromatic N) is 1. The summed E-state index contributed by atoms with van der Waals surface area (Å²) in [6.07, 6.45) is 0.911. The predicted molar refractivity (Wildman–Crippen MR) is 71.9 cm³/mol.